The van der Waals surface area contributed by atoms with Gasteiger partial charge in [-0.3, -0.25) is 4.79 Å². The lowest BCUT2D eigenvalue weighted by Gasteiger charge is -2.23. The number of hydrogen-bond acceptors (Lipinski definition) is 7. The van der Waals surface area contributed by atoms with Crippen LogP contribution in [0.5, 0.6) is 11.5 Å². The van der Waals surface area contributed by atoms with Gasteiger partial charge in [-0.25, -0.2) is 9.50 Å². The van der Waals surface area contributed by atoms with E-state index >= 15 is 0 Å². The molecule has 3 aromatic rings. The SMILES string of the molecule is Cc1cc(C)n2nc(SCC(=O)NC(c3ccc4c(c3)OCCCO4)C(C)C)nc2n1. The molecule has 1 aromatic carbocycles. The molecule has 31 heavy (non-hydrogen) atoms. The van der Waals surface area contributed by atoms with Crippen LogP contribution in [0.2, 0.25) is 0 Å². The molecule has 0 aliphatic carbocycles. The first-order valence-electron chi connectivity index (χ1n) is 10.4. The molecule has 1 N–H and O–H groups in total. The van der Waals surface area contributed by atoms with Crippen LogP contribution < -0.4 is 14.8 Å². The van der Waals surface area contributed by atoms with Crippen molar-refractivity contribution in [1.29, 1.82) is 0 Å². The summed E-state index contributed by atoms with van der Waals surface area (Å²) >= 11 is 1.30. The molecule has 1 aliphatic heterocycles. The topological polar surface area (TPSA) is 90.6 Å². The van der Waals surface area contributed by atoms with Crippen LogP contribution in [0.3, 0.4) is 0 Å². The Hall–Kier alpha value is -2.81. The number of nitrogens with zero attached hydrogens (tertiary/aromatic N) is 4. The maximum Gasteiger partial charge on any atom is 0.253 e. The van der Waals surface area contributed by atoms with Crippen LogP contribution in [-0.2, 0) is 4.79 Å². The fourth-order valence-electron chi connectivity index (χ4n) is 3.56. The van der Waals surface area contributed by atoms with E-state index in [4.69, 9.17) is 9.47 Å². The van der Waals surface area contributed by atoms with Gasteiger partial charge in [0.15, 0.2) is 11.5 Å². The van der Waals surface area contributed by atoms with E-state index in [2.05, 4.69) is 34.2 Å². The third-order valence-electron chi connectivity index (χ3n) is 5.05. The Morgan fingerprint density at radius 3 is 2.71 bits per heavy atom. The first-order chi connectivity index (χ1) is 14.9. The largest absolute Gasteiger partial charge is 0.490 e. The molecule has 9 heteroatoms. The highest BCUT2D eigenvalue weighted by Crippen LogP contribution is 2.34. The number of rotatable bonds is 6. The number of ether oxygens (including phenoxy) is 2. The fourth-order valence-corrected chi connectivity index (χ4v) is 4.19. The Bertz CT molecular complexity index is 1100. The van der Waals surface area contributed by atoms with E-state index in [1.54, 1.807) is 4.52 Å². The van der Waals surface area contributed by atoms with Crippen molar-refractivity contribution in [2.45, 2.75) is 45.3 Å². The van der Waals surface area contributed by atoms with Gasteiger partial charge in [0.1, 0.15) is 0 Å². The minimum absolute atomic E-state index is 0.0736. The molecule has 0 saturated heterocycles. The first kappa shape index (κ1) is 21.4. The Labute approximate surface area is 185 Å². The summed E-state index contributed by atoms with van der Waals surface area (Å²) in [6.07, 6.45) is 0.858. The van der Waals surface area contributed by atoms with Gasteiger partial charge < -0.3 is 14.8 Å². The third-order valence-corrected chi connectivity index (χ3v) is 5.88. The lowest BCUT2D eigenvalue weighted by atomic mass is 9.95. The van der Waals surface area contributed by atoms with Gasteiger partial charge in [-0.15, -0.1) is 5.10 Å². The van der Waals surface area contributed by atoms with Crippen molar-refractivity contribution >= 4 is 23.4 Å². The van der Waals surface area contributed by atoms with Gasteiger partial charge in [0.05, 0.1) is 25.0 Å². The molecule has 0 saturated carbocycles. The molecule has 3 heterocycles. The molecule has 0 bridgehead atoms. The Morgan fingerprint density at radius 2 is 1.94 bits per heavy atom. The molecule has 0 radical (unpaired) electrons. The van der Waals surface area contributed by atoms with E-state index in [9.17, 15) is 4.79 Å². The zero-order valence-corrected chi connectivity index (χ0v) is 19.0. The van der Waals surface area contributed by atoms with Crippen LogP contribution in [0.4, 0.5) is 0 Å². The summed E-state index contributed by atoms with van der Waals surface area (Å²) in [7, 11) is 0. The highest BCUT2D eigenvalue weighted by atomic mass is 32.2. The molecule has 1 amide bonds. The molecule has 8 nitrogen and oxygen atoms in total. The van der Waals surface area contributed by atoms with E-state index in [-0.39, 0.29) is 23.6 Å². The molecular formula is C22H27N5O3S. The van der Waals surface area contributed by atoms with Crippen molar-refractivity contribution in [1.82, 2.24) is 24.9 Å². The summed E-state index contributed by atoms with van der Waals surface area (Å²) in [6.45, 7) is 9.34. The van der Waals surface area contributed by atoms with Crippen molar-refractivity contribution in [3.8, 4) is 11.5 Å². The predicted octanol–water partition coefficient (Wildman–Crippen LogP) is 3.51. The number of carbonyl (C=O) groups is 1. The highest BCUT2D eigenvalue weighted by Gasteiger charge is 2.21. The summed E-state index contributed by atoms with van der Waals surface area (Å²) in [5, 5.41) is 8.13. The standard InChI is InChI=1S/C22H27N5O3S/c1-13(2)20(16-6-7-17-18(11-16)30-9-5-8-29-17)24-19(28)12-31-22-25-21-23-14(3)10-15(4)27(21)26-22/h6-7,10-11,13,20H,5,8-9,12H2,1-4H3,(H,24,28). The second-order valence-electron chi connectivity index (χ2n) is 7.98. The van der Waals surface area contributed by atoms with Crippen molar-refractivity contribution in [3.05, 3.63) is 41.2 Å². The van der Waals surface area contributed by atoms with Crippen LogP contribution in [0.25, 0.3) is 5.78 Å². The third kappa shape index (κ3) is 4.92. The number of aromatic nitrogens is 4. The molecule has 1 atom stereocenters. The number of carbonyl (C=O) groups excluding carboxylic acids is 1. The number of amides is 1. The van der Waals surface area contributed by atoms with Crippen molar-refractivity contribution in [3.63, 3.8) is 0 Å². The minimum atomic E-state index is -0.133. The Balaban J connectivity index is 1.43. The Morgan fingerprint density at radius 1 is 1.16 bits per heavy atom. The van der Waals surface area contributed by atoms with E-state index < -0.39 is 0 Å². The van der Waals surface area contributed by atoms with Gasteiger partial charge in [0.25, 0.3) is 5.78 Å². The second-order valence-corrected chi connectivity index (χ2v) is 8.92. The highest BCUT2D eigenvalue weighted by molar-refractivity contribution is 7.99. The maximum atomic E-state index is 12.7. The number of aryl methyl sites for hydroxylation is 2. The zero-order chi connectivity index (χ0) is 22.0. The molecule has 0 fully saturated rings. The summed E-state index contributed by atoms with van der Waals surface area (Å²) in [4.78, 5) is 21.5. The summed E-state index contributed by atoms with van der Waals surface area (Å²) in [5.41, 5.74) is 2.85. The van der Waals surface area contributed by atoms with Crippen LogP contribution in [0, 0.1) is 19.8 Å². The van der Waals surface area contributed by atoms with Gasteiger partial charge in [0, 0.05) is 17.8 Å². The summed E-state index contributed by atoms with van der Waals surface area (Å²) in [6, 6.07) is 7.70. The predicted molar refractivity (Wildman–Crippen MR) is 119 cm³/mol. The van der Waals surface area contributed by atoms with Crippen LogP contribution in [-0.4, -0.2) is 44.5 Å². The van der Waals surface area contributed by atoms with Crippen LogP contribution in [0.15, 0.2) is 29.4 Å². The molecular weight excluding hydrogens is 414 g/mol. The van der Waals surface area contributed by atoms with Crippen molar-refractivity contribution in [2.75, 3.05) is 19.0 Å². The molecule has 1 unspecified atom stereocenters. The van der Waals surface area contributed by atoms with Gasteiger partial charge in [-0.2, -0.15) is 4.98 Å². The van der Waals surface area contributed by atoms with Crippen LogP contribution >= 0.6 is 11.8 Å². The van der Waals surface area contributed by atoms with Gasteiger partial charge in [0.2, 0.25) is 11.1 Å². The average Bonchev–Trinajstić information content (AvgIpc) is 2.99. The van der Waals surface area contributed by atoms with E-state index in [1.165, 1.54) is 11.8 Å². The first-order valence-corrected chi connectivity index (χ1v) is 11.4. The smallest absolute Gasteiger partial charge is 0.253 e. The average molecular weight is 442 g/mol. The fraction of sp³-hybridized carbons (Fsp3) is 0.455. The number of benzene rings is 1. The van der Waals surface area contributed by atoms with Gasteiger partial charge in [-0.05, 0) is 43.5 Å². The zero-order valence-electron chi connectivity index (χ0n) is 18.2. The quantitative estimate of drug-likeness (QED) is 0.586. The number of thioether (sulfide) groups is 1. The van der Waals surface area contributed by atoms with E-state index in [0.717, 1.165) is 34.9 Å². The molecule has 0 spiro atoms. The van der Waals surface area contributed by atoms with Gasteiger partial charge >= 0.3 is 0 Å². The molecule has 2 aromatic heterocycles. The van der Waals surface area contributed by atoms with Crippen molar-refractivity contribution in [2.24, 2.45) is 5.92 Å². The molecule has 164 valence electrons. The number of fused-ring (bicyclic) bond motifs is 2. The van der Waals surface area contributed by atoms with Crippen molar-refractivity contribution < 1.29 is 14.3 Å². The number of hydrogen-bond donors (Lipinski definition) is 1. The lowest BCUT2D eigenvalue weighted by Crippen LogP contribution is -2.33. The molecule has 4 rings (SSSR count). The Kier molecular flexibility index (Phi) is 6.31. The summed E-state index contributed by atoms with van der Waals surface area (Å²) < 4.78 is 13.2. The number of nitrogens with one attached hydrogen (secondary N) is 1. The van der Waals surface area contributed by atoms with E-state index in [0.29, 0.717) is 24.1 Å². The van der Waals surface area contributed by atoms with Gasteiger partial charge in [-0.1, -0.05) is 31.7 Å². The maximum absolute atomic E-state index is 12.7. The second kappa shape index (κ2) is 9.13. The summed E-state index contributed by atoms with van der Waals surface area (Å²) in [5.74, 6) is 2.40. The minimum Gasteiger partial charge on any atom is -0.490 e. The monoisotopic (exact) mass is 441 g/mol. The normalized spacial score (nSPS) is 14.5. The molecule has 1 aliphatic rings. The van der Waals surface area contributed by atoms with E-state index in [1.807, 2.05) is 38.1 Å². The van der Waals surface area contributed by atoms with Crippen LogP contribution in [0.1, 0.15) is 43.3 Å². The lowest BCUT2D eigenvalue weighted by molar-refractivity contribution is -0.119.